The predicted molar refractivity (Wildman–Crippen MR) is 69.2 cm³/mol. The van der Waals surface area contributed by atoms with Gasteiger partial charge in [-0.2, -0.15) is 5.10 Å². The molecule has 0 saturated carbocycles. The summed E-state index contributed by atoms with van der Waals surface area (Å²) in [5, 5.41) is 15.4. The highest BCUT2D eigenvalue weighted by Crippen LogP contribution is 2.11. The quantitative estimate of drug-likeness (QED) is 0.674. The molecule has 2 atom stereocenters. The van der Waals surface area contributed by atoms with Gasteiger partial charge in [0.15, 0.2) is 0 Å². The van der Waals surface area contributed by atoms with Gasteiger partial charge in [0.05, 0.1) is 6.20 Å². The van der Waals surface area contributed by atoms with Gasteiger partial charge in [-0.05, 0) is 12.3 Å². The smallest absolute Gasteiger partial charge is 0.326 e. The average Bonchev–Trinajstić information content (AvgIpc) is 2.73. The summed E-state index contributed by atoms with van der Waals surface area (Å²) in [6, 6.07) is -1.84. The number of nitrogens with zero attached hydrogens (tertiary/aromatic N) is 2. The van der Waals surface area contributed by atoms with E-state index >= 15 is 0 Å². The third-order valence-electron chi connectivity index (χ3n) is 2.69. The van der Waals surface area contributed by atoms with Crippen LogP contribution in [-0.2, 0) is 16.6 Å². The van der Waals surface area contributed by atoms with Gasteiger partial charge in [-0.1, -0.05) is 13.8 Å². The maximum atomic E-state index is 11.9. The fourth-order valence-electron chi connectivity index (χ4n) is 1.71. The molecule has 1 rings (SSSR count). The largest absolute Gasteiger partial charge is 0.480 e. The monoisotopic (exact) mass is 268 g/mol. The van der Waals surface area contributed by atoms with E-state index in [0.717, 1.165) is 0 Å². The zero-order valence-corrected chi connectivity index (χ0v) is 11.3. The number of nitrogens with one attached hydrogen (secondary N) is 1. The first-order chi connectivity index (χ1) is 8.81. The lowest BCUT2D eigenvalue weighted by Gasteiger charge is -2.18. The van der Waals surface area contributed by atoms with Gasteiger partial charge < -0.3 is 16.2 Å². The molecular formula is C12H20N4O3. The molecule has 1 amide bonds. The van der Waals surface area contributed by atoms with Crippen LogP contribution >= 0.6 is 0 Å². The van der Waals surface area contributed by atoms with Crippen molar-refractivity contribution in [1.82, 2.24) is 15.1 Å². The van der Waals surface area contributed by atoms with E-state index < -0.39 is 24.0 Å². The number of aliphatic carboxylic acids is 1. The molecule has 1 aromatic heterocycles. The maximum Gasteiger partial charge on any atom is 0.326 e. The van der Waals surface area contributed by atoms with E-state index in [-0.39, 0.29) is 5.92 Å². The Morgan fingerprint density at radius 3 is 2.58 bits per heavy atom. The highest BCUT2D eigenvalue weighted by atomic mass is 16.4. The first-order valence-electron chi connectivity index (χ1n) is 6.08. The molecule has 0 bridgehead atoms. The summed E-state index contributed by atoms with van der Waals surface area (Å²) >= 11 is 0. The van der Waals surface area contributed by atoms with Crippen LogP contribution in [0.2, 0.25) is 0 Å². The Morgan fingerprint density at radius 2 is 2.16 bits per heavy atom. The number of hydrogen-bond acceptors (Lipinski definition) is 4. The summed E-state index contributed by atoms with van der Waals surface area (Å²) in [4.78, 5) is 23.0. The minimum Gasteiger partial charge on any atom is -0.480 e. The molecule has 4 N–H and O–H groups in total. The molecular weight excluding hydrogens is 248 g/mol. The van der Waals surface area contributed by atoms with Crippen LogP contribution in [0.15, 0.2) is 12.4 Å². The lowest BCUT2D eigenvalue weighted by Crippen LogP contribution is -2.45. The molecule has 7 heteroatoms. The topological polar surface area (TPSA) is 110 Å². The van der Waals surface area contributed by atoms with E-state index in [9.17, 15) is 9.59 Å². The molecule has 1 heterocycles. The van der Waals surface area contributed by atoms with Crippen molar-refractivity contribution >= 4 is 11.9 Å². The number of carboxylic acid groups (broad SMARTS) is 1. The average molecular weight is 268 g/mol. The Bertz CT molecular complexity index is 456. The number of aromatic nitrogens is 2. The zero-order valence-electron chi connectivity index (χ0n) is 11.3. The van der Waals surface area contributed by atoms with Gasteiger partial charge in [0, 0.05) is 18.8 Å². The Labute approximate surface area is 111 Å². The molecule has 0 aliphatic heterocycles. The van der Waals surface area contributed by atoms with Crippen LogP contribution in [0.1, 0.15) is 31.9 Å². The van der Waals surface area contributed by atoms with Crippen molar-refractivity contribution < 1.29 is 14.7 Å². The SMILES string of the molecule is CC(C)CC(NC(=O)C(N)c1cnn(C)c1)C(=O)O. The third-order valence-corrected chi connectivity index (χ3v) is 2.69. The van der Waals surface area contributed by atoms with E-state index in [1.807, 2.05) is 13.8 Å². The van der Waals surface area contributed by atoms with Crippen LogP contribution in [0.5, 0.6) is 0 Å². The lowest BCUT2D eigenvalue weighted by molar-refractivity contribution is -0.142. The fourth-order valence-corrected chi connectivity index (χ4v) is 1.71. The molecule has 0 aliphatic rings. The number of carboxylic acids is 1. The van der Waals surface area contributed by atoms with Gasteiger partial charge in [0.25, 0.3) is 0 Å². The second kappa shape index (κ2) is 6.33. The van der Waals surface area contributed by atoms with E-state index in [1.54, 1.807) is 13.2 Å². The highest BCUT2D eigenvalue weighted by molar-refractivity contribution is 5.87. The van der Waals surface area contributed by atoms with Gasteiger partial charge >= 0.3 is 5.97 Å². The molecule has 0 radical (unpaired) electrons. The molecule has 0 spiro atoms. The molecule has 0 aliphatic carbocycles. The molecule has 1 aromatic rings. The van der Waals surface area contributed by atoms with Crippen molar-refractivity contribution in [3.05, 3.63) is 18.0 Å². The van der Waals surface area contributed by atoms with Crippen molar-refractivity contribution in [2.75, 3.05) is 0 Å². The number of hydrogen-bond donors (Lipinski definition) is 3. The normalized spacial score (nSPS) is 14.2. The van der Waals surface area contributed by atoms with E-state index in [2.05, 4.69) is 10.4 Å². The third kappa shape index (κ3) is 4.36. The first-order valence-corrected chi connectivity index (χ1v) is 6.08. The lowest BCUT2D eigenvalue weighted by atomic mass is 10.0. The Morgan fingerprint density at radius 1 is 1.53 bits per heavy atom. The van der Waals surface area contributed by atoms with Crippen LogP contribution in [0, 0.1) is 5.92 Å². The Hall–Kier alpha value is -1.89. The summed E-state index contributed by atoms with van der Waals surface area (Å²) in [5.41, 5.74) is 6.32. The number of nitrogens with two attached hydrogens (primary N) is 1. The summed E-state index contributed by atoms with van der Waals surface area (Å²) in [7, 11) is 1.72. The van der Waals surface area contributed by atoms with Gasteiger partial charge in [-0.3, -0.25) is 9.48 Å². The van der Waals surface area contributed by atoms with Crippen molar-refractivity contribution in [1.29, 1.82) is 0 Å². The van der Waals surface area contributed by atoms with Crippen molar-refractivity contribution in [2.24, 2.45) is 18.7 Å². The highest BCUT2D eigenvalue weighted by Gasteiger charge is 2.25. The van der Waals surface area contributed by atoms with E-state index in [4.69, 9.17) is 10.8 Å². The van der Waals surface area contributed by atoms with Crippen LogP contribution in [0.3, 0.4) is 0 Å². The molecule has 0 saturated heterocycles. The number of carbonyl (C=O) groups is 2. The predicted octanol–water partition coefficient (Wildman–Crippen LogP) is 0.0354. The van der Waals surface area contributed by atoms with Gasteiger partial charge in [-0.25, -0.2) is 4.79 Å². The standard InChI is InChI=1S/C12H20N4O3/c1-7(2)4-9(12(18)19)15-11(17)10(13)8-5-14-16(3)6-8/h5-7,9-10H,4,13H2,1-3H3,(H,15,17)(H,18,19). The van der Waals surface area contributed by atoms with E-state index in [1.165, 1.54) is 10.9 Å². The van der Waals surface area contributed by atoms with Crippen LogP contribution in [-0.4, -0.2) is 32.8 Å². The van der Waals surface area contributed by atoms with Gasteiger partial charge in [-0.15, -0.1) is 0 Å². The molecule has 106 valence electrons. The molecule has 0 fully saturated rings. The van der Waals surface area contributed by atoms with Crippen LogP contribution in [0.25, 0.3) is 0 Å². The van der Waals surface area contributed by atoms with Crippen molar-refractivity contribution in [3.8, 4) is 0 Å². The van der Waals surface area contributed by atoms with Gasteiger partial charge in [0.2, 0.25) is 5.91 Å². The second-order valence-electron chi connectivity index (χ2n) is 4.95. The Balaban J connectivity index is 2.68. The second-order valence-corrected chi connectivity index (χ2v) is 4.95. The first kappa shape index (κ1) is 15.2. The Kier molecular flexibility index (Phi) is 5.05. The zero-order chi connectivity index (χ0) is 14.6. The van der Waals surface area contributed by atoms with Crippen LogP contribution < -0.4 is 11.1 Å². The molecule has 2 unspecified atom stereocenters. The van der Waals surface area contributed by atoms with E-state index in [0.29, 0.717) is 12.0 Å². The number of carbonyl (C=O) groups excluding carboxylic acids is 1. The number of amides is 1. The van der Waals surface area contributed by atoms with Crippen molar-refractivity contribution in [2.45, 2.75) is 32.4 Å². The molecule has 19 heavy (non-hydrogen) atoms. The summed E-state index contributed by atoms with van der Waals surface area (Å²) in [6.07, 6.45) is 3.48. The molecule has 7 nitrogen and oxygen atoms in total. The minimum atomic E-state index is -1.06. The minimum absolute atomic E-state index is 0.163. The number of rotatable bonds is 6. The summed E-state index contributed by atoms with van der Waals surface area (Å²) in [5.74, 6) is -1.41. The van der Waals surface area contributed by atoms with Crippen LogP contribution in [0.4, 0.5) is 0 Å². The maximum absolute atomic E-state index is 11.9. The number of aryl methyl sites for hydroxylation is 1. The van der Waals surface area contributed by atoms with Crippen molar-refractivity contribution in [3.63, 3.8) is 0 Å². The van der Waals surface area contributed by atoms with Gasteiger partial charge in [0.1, 0.15) is 12.1 Å². The summed E-state index contributed by atoms with van der Waals surface area (Å²) in [6.45, 7) is 3.78. The summed E-state index contributed by atoms with van der Waals surface area (Å²) < 4.78 is 1.53. The fraction of sp³-hybridized carbons (Fsp3) is 0.583. The molecule has 0 aromatic carbocycles.